The molecule has 1 fully saturated rings. The number of amides is 1. The number of halogens is 1. The van der Waals surface area contributed by atoms with E-state index < -0.39 is 0 Å². The number of rotatable bonds is 2. The largest absolute Gasteiger partial charge is 0.356 e. The van der Waals surface area contributed by atoms with Crippen molar-refractivity contribution in [3.63, 3.8) is 0 Å². The summed E-state index contributed by atoms with van der Waals surface area (Å²) in [7, 11) is 0. The van der Waals surface area contributed by atoms with E-state index >= 15 is 0 Å². The van der Waals surface area contributed by atoms with Crippen molar-refractivity contribution in [2.75, 3.05) is 24.5 Å². The van der Waals surface area contributed by atoms with Crippen LogP contribution >= 0.6 is 15.9 Å². The minimum absolute atomic E-state index is 0.0632. The first-order chi connectivity index (χ1) is 12.6. The van der Waals surface area contributed by atoms with Crippen molar-refractivity contribution in [2.45, 2.75) is 39.2 Å². The Morgan fingerprint density at radius 3 is 2.62 bits per heavy atom. The average molecular weight is 415 g/mol. The maximum Gasteiger partial charge on any atom is 0.255 e. The molecule has 26 heavy (non-hydrogen) atoms. The molecule has 1 aromatic heterocycles. The third-order valence-corrected chi connectivity index (χ3v) is 5.89. The summed E-state index contributed by atoms with van der Waals surface area (Å²) in [4.78, 5) is 26.8. The summed E-state index contributed by atoms with van der Waals surface area (Å²) in [5, 5.41) is 0. The third-order valence-electron chi connectivity index (χ3n) is 5.20. The second kappa shape index (κ2) is 7.35. The van der Waals surface area contributed by atoms with E-state index in [1.807, 2.05) is 36.1 Å². The van der Waals surface area contributed by atoms with Crippen LogP contribution < -0.4 is 4.90 Å². The molecule has 0 saturated carbocycles. The summed E-state index contributed by atoms with van der Waals surface area (Å²) >= 11 is 3.50. The second-order valence-corrected chi connectivity index (χ2v) is 7.88. The van der Waals surface area contributed by atoms with Crippen molar-refractivity contribution in [3.05, 3.63) is 51.4 Å². The van der Waals surface area contributed by atoms with Gasteiger partial charge in [-0.1, -0.05) is 12.1 Å². The highest BCUT2D eigenvalue weighted by molar-refractivity contribution is 9.10. The molecule has 4 rings (SSSR count). The van der Waals surface area contributed by atoms with Gasteiger partial charge in [0.05, 0.1) is 17.8 Å². The van der Waals surface area contributed by atoms with Crippen molar-refractivity contribution in [2.24, 2.45) is 0 Å². The first kappa shape index (κ1) is 17.5. The number of nitrogens with zero attached hydrogens (tertiary/aromatic N) is 4. The molecule has 0 N–H and O–H groups in total. The van der Waals surface area contributed by atoms with E-state index in [4.69, 9.17) is 4.98 Å². The summed E-state index contributed by atoms with van der Waals surface area (Å²) in [5.41, 5.74) is 2.95. The Morgan fingerprint density at radius 2 is 1.85 bits per heavy atom. The molecule has 6 heteroatoms. The highest BCUT2D eigenvalue weighted by atomic mass is 79.9. The molecule has 5 nitrogen and oxygen atoms in total. The summed E-state index contributed by atoms with van der Waals surface area (Å²) < 4.78 is 0.840. The van der Waals surface area contributed by atoms with Gasteiger partial charge in [0.2, 0.25) is 0 Å². The fraction of sp³-hybridized carbons (Fsp3) is 0.450. The number of anilines is 1. The molecule has 0 unspecified atom stereocenters. The zero-order valence-corrected chi connectivity index (χ0v) is 16.6. The lowest BCUT2D eigenvalue weighted by atomic mass is 10.0. The Bertz CT molecular complexity index is 833. The SMILES string of the molecule is Cc1nc2c(c(N3CCCCC3)n1)CN(C(=O)c1ccccc1Br)CC2. The Balaban J connectivity index is 1.65. The fourth-order valence-corrected chi connectivity index (χ4v) is 4.32. The van der Waals surface area contributed by atoms with E-state index in [0.29, 0.717) is 18.7 Å². The van der Waals surface area contributed by atoms with Crippen LogP contribution in [-0.4, -0.2) is 40.4 Å². The quantitative estimate of drug-likeness (QED) is 0.750. The van der Waals surface area contributed by atoms with Crippen LogP contribution in [0.3, 0.4) is 0 Å². The van der Waals surface area contributed by atoms with Gasteiger partial charge in [0.15, 0.2) is 0 Å². The number of carbonyl (C=O) groups excluding carboxylic acids is 1. The summed E-state index contributed by atoms with van der Waals surface area (Å²) in [6.07, 6.45) is 4.49. The maximum absolute atomic E-state index is 13.0. The van der Waals surface area contributed by atoms with Crippen molar-refractivity contribution in [3.8, 4) is 0 Å². The van der Waals surface area contributed by atoms with Crippen molar-refractivity contribution in [1.82, 2.24) is 14.9 Å². The molecule has 0 spiro atoms. The summed E-state index contributed by atoms with van der Waals surface area (Å²) in [6.45, 7) is 5.33. The molecule has 3 heterocycles. The molecule has 2 aliphatic heterocycles. The molecule has 1 saturated heterocycles. The number of aromatic nitrogens is 2. The van der Waals surface area contributed by atoms with Gasteiger partial charge in [0.25, 0.3) is 5.91 Å². The summed E-state index contributed by atoms with van der Waals surface area (Å²) in [6, 6.07) is 7.62. The fourth-order valence-electron chi connectivity index (χ4n) is 3.86. The van der Waals surface area contributed by atoms with E-state index in [0.717, 1.165) is 46.9 Å². The maximum atomic E-state index is 13.0. The molecule has 2 aromatic rings. The number of aryl methyl sites for hydroxylation is 1. The number of hydrogen-bond donors (Lipinski definition) is 0. The topological polar surface area (TPSA) is 49.3 Å². The Morgan fingerprint density at radius 1 is 1.08 bits per heavy atom. The highest BCUT2D eigenvalue weighted by Gasteiger charge is 2.28. The van der Waals surface area contributed by atoms with Crippen molar-refractivity contribution in [1.29, 1.82) is 0 Å². The standard InChI is InChI=1S/C20H23BrN4O/c1-14-22-18-9-12-25(20(26)15-7-3-4-8-17(15)21)13-16(18)19(23-14)24-10-5-2-6-11-24/h3-4,7-8H,2,5-6,9-13H2,1H3. The molecular weight excluding hydrogens is 392 g/mol. The number of carbonyl (C=O) groups is 1. The van der Waals surface area contributed by atoms with E-state index in [2.05, 4.69) is 25.8 Å². The van der Waals surface area contributed by atoms with Crippen LogP contribution in [0, 0.1) is 6.92 Å². The van der Waals surface area contributed by atoms with Gasteiger partial charge in [0, 0.05) is 36.1 Å². The lowest BCUT2D eigenvalue weighted by molar-refractivity contribution is 0.0732. The molecule has 1 aromatic carbocycles. The van der Waals surface area contributed by atoms with E-state index in [-0.39, 0.29) is 5.91 Å². The number of fused-ring (bicyclic) bond motifs is 1. The van der Waals surface area contributed by atoms with Crippen LogP contribution in [0.2, 0.25) is 0 Å². The van der Waals surface area contributed by atoms with Gasteiger partial charge in [-0.3, -0.25) is 4.79 Å². The van der Waals surface area contributed by atoms with Crippen LogP contribution in [0.15, 0.2) is 28.7 Å². The first-order valence-electron chi connectivity index (χ1n) is 9.28. The first-order valence-corrected chi connectivity index (χ1v) is 10.1. The molecular formula is C20H23BrN4O. The second-order valence-electron chi connectivity index (χ2n) is 7.02. The van der Waals surface area contributed by atoms with Crippen molar-refractivity contribution < 1.29 is 4.79 Å². The zero-order chi connectivity index (χ0) is 18.1. The lowest BCUT2D eigenvalue weighted by Crippen LogP contribution is -2.39. The third kappa shape index (κ3) is 3.34. The average Bonchev–Trinajstić information content (AvgIpc) is 2.67. The van der Waals surface area contributed by atoms with Gasteiger partial charge in [-0.25, -0.2) is 9.97 Å². The number of hydrogen-bond acceptors (Lipinski definition) is 4. The van der Waals surface area contributed by atoms with Crippen LogP contribution in [0.5, 0.6) is 0 Å². The van der Waals surface area contributed by atoms with Gasteiger partial charge in [-0.15, -0.1) is 0 Å². The Labute approximate surface area is 162 Å². The van der Waals surface area contributed by atoms with Crippen LogP contribution in [0.25, 0.3) is 0 Å². The van der Waals surface area contributed by atoms with Gasteiger partial charge >= 0.3 is 0 Å². The van der Waals surface area contributed by atoms with Gasteiger partial charge < -0.3 is 9.80 Å². The zero-order valence-electron chi connectivity index (χ0n) is 15.0. The van der Waals surface area contributed by atoms with Gasteiger partial charge in [0.1, 0.15) is 11.6 Å². The molecule has 1 amide bonds. The predicted molar refractivity (Wildman–Crippen MR) is 105 cm³/mol. The molecule has 0 bridgehead atoms. The minimum atomic E-state index is 0.0632. The monoisotopic (exact) mass is 414 g/mol. The van der Waals surface area contributed by atoms with Crippen LogP contribution in [0.1, 0.15) is 46.7 Å². The van der Waals surface area contributed by atoms with Crippen LogP contribution in [0.4, 0.5) is 5.82 Å². The highest BCUT2D eigenvalue weighted by Crippen LogP contribution is 2.30. The number of piperidine rings is 1. The predicted octanol–water partition coefficient (Wildman–Crippen LogP) is 3.74. The number of benzene rings is 1. The van der Waals surface area contributed by atoms with E-state index in [1.54, 1.807) is 0 Å². The van der Waals surface area contributed by atoms with E-state index in [9.17, 15) is 4.79 Å². The normalized spacial score (nSPS) is 17.2. The smallest absolute Gasteiger partial charge is 0.255 e. The lowest BCUT2D eigenvalue weighted by Gasteiger charge is -2.34. The molecule has 136 valence electrons. The van der Waals surface area contributed by atoms with Gasteiger partial charge in [-0.05, 0) is 54.2 Å². The Hall–Kier alpha value is -1.95. The summed E-state index contributed by atoms with van der Waals surface area (Å²) in [5.74, 6) is 1.93. The van der Waals surface area contributed by atoms with E-state index in [1.165, 1.54) is 19.3 Å². The molecule has 2 aliphatic rings. The Kier molecular flexibility index (Phi) is 4.94. The minimum Gasteiger partial charge on any atom is -0.356 e. The molecule has 0 radical (unpaired) electrons. The van der Waals surface area contributed by atoms with Crippen molar-refractivity contribution >= 4 is 27.7 Å². The van der Waals surface area contributed by atoms with Crippen LogP contribution in [-0.2, 0) is 13.0 Å². The van der Waals surface area contributed by atoms with Gasteiger partial charge in [-0.2, -0.15) is 0 Å². The molecule has 0 aliphatic carbocycles. The molecule has 0 atom stereocenters.